The highest BCUT2D eigenvalue weighted by atomic mass is 32.1. The summed E-state index contributed by atoms with van der Waals surface area (Å²) in [5.41, 5.74) is 1.34. The van der Waals surface area contributed by atoms with Crippen molar-refractivity contribution in [1.29, 1.82) is 0 Å². The van der Waals surface area contributed by atoms with Crippen molar-refractivity contribution >= 4 is 33.1 Å². The zero-order chi connectivity index (χ0) is 21.4. The number of amides is 1. The van der Waals surface area contributed by atoms with Crippen molar-refractivity contribution in [2.24, 2.45) is 0 Å². The summed E-state index contributed by atoms with van der Waals surface area (Å²) in [6, 6.07) is 12.8. The summed E-state index contributed by atoms with van der Waals surface area (Å²) in [5.74, 6) is -1.11. The van der Waals surface area contributed by atoms with E-state index < -0.39 is 23.0 Å². The van der Waals surface area contributed by atoms with Crippen molar-refractivity contribution in [3.05, 3.63) is 91.7 Å². The van der Waals surface area contributed by atoms with Gasteiger partial charge in [0.15, 0.2) is 0 Å². The fourth-order valence-corrected chi connectivity index (χ4v) is 4.11. The van der Waals surface area contributed by atoms with Gasteiger partial charge in [-0.15, -0.1) is 11.3 Å². The topological polar surface area (TPSA) is 73.1 Å². The number of anilines is 1. The van der Waals surface area contributed by atoms with Gasteiger partial charge in [-0.25, -0.2) is 13.8 Å². The Labute approximate surface area is 174 Å². The fraction of sp³-hybridized carbons (Fsp3) is 0.136. The van der Waals surface area contributed by atoms with Gasteiger partial charge in [-0.05, 0) is 54.6 Å². The third-order valence-electron chi connectivity index (χ3n) is 4.82. The van der Waals surface area contributed by atoms with Crippen LogP contribution in [0, 0.1) is 19.7 Å². The van der Waals surface area contributed by atoms with Crippen LogP contribution in [0.25, 0.3) is 15.9 Å². The minimum Gasteiger partial charge on any atom is -0.324 e. The van der Waals surface area contributed by atoms with E-state index in [0.29, 0.717) is 11.2 Å². The molecule has 0 aliphatic heterocycles. The molecule has 1 N–H and O–H groups in total. The monoisotopic (exact) mass is 423 g/mol. The molecule has 6 nitrogen and oxygen atoms in total. The quantitative estimate of drug-likeness (QED) is 0.545. The molecule has 0 unspecified atom stereocenters. The fourth-order valence-electron chi connectivity index (χ4n) is 3.29. The molecular formula is C22H18FN3O3S. The molecule has 2 aromatic carbocycles. The van der Waals surface area contributed by atoms with E-state index in [1.807, 2.05) is 32.0 Å². The lowest BCUT2D eigenvalue weighted by Crippen LogP contribution is -2.40. The molecule has 0 saturated carbocycles. The number of halogens is 1. The molecule has 0 aliphatic rings. The summed E-state index contributed by atoms with van der Waals surface area (Å²) >= 11 is 1.14. The highest BCUT2D eigenvalue weighted by Gasteiger charge is 2.19. The summed E-state index contributed by atoms with van der Waals surface area (Å²) < 4.78 is 16.6. The third kappa shape index (κ3) is 3.46. The third-order valence-corrected chi connectivity index (χ3v) is 5.71. The van der Waals surface area contributed by atoms with E-state index in [4.69, 9.17) is 0 Å². The second-order valence-electron chi connectivity index (χ2n) is 6.96. The van der Waals surface area contributed by atoms with Crippen LogP contribution < -0.4 is 16.6 Å². The number of fused-ring (bicyclic) bond motifs is 1. The molecule has 0 spiro atoms. The Bertz CT molecular complexity index is 1400. The Morgan fingerprint density at radius 1 is 1.10 bits per heavy atom. The number of hydrogen-bond acceptors (Lipinski definition) is 4. The molecule has 8 heteroatoms. The van der Waals surface area contributed by atoms with Crippen LogP contribution in [0.15, 0.2) is 63.5 Å². The maximum atomic E-state index is 14.3. The molecular weight excluding hydrogens is 405 g/mol. The molecule has 30 heavy (non-hydrogen) atoms. The number of carbonyl (C=O) groups is 1. The molecule has 1 amide bonds. The van der Waals surface area contributed by atoms with E-state index in [2.05, 4.69) is 5.32 Å². The lowest BCUT2D eigenvalue weighted by Gasteiger charge is -2.14. The maximum Gasteiger partial charge on any atom is 0.336 e. The number of benzene rings is 2. The molecule has 0 bridgehead atoms. The van der Waals surface area contributed by atoms with Crippen LogP contribution in [0.1, 0.15) is 11.1 Å². The first-order valence-corrected chi connectivity index (χ1v) is 10.1. The Morgan fingerprint density at radius 2 is 1.87 bits per heavy atom. The molecule has 4 aromatic rings. The number of aromatic nitrogens is 2. The Balaban J connectivity index is 1.81. The number of nitrogens with zero attached hydrogens (tertiary/aromatic N) is 2. The zero-order valence-corrected chi connectivity index (χ0v) is 17.1. The second-order valence-corrected chi connectivity index (χ2v) is 7.88. The Kier molecular flexibility index (Phi) is 5.09. The highest BCUT2D eigenvalue weighted by molar-refractivity contribution is 7.17. The maximum absolute atomic E-state index is 14.3. The molecule has 0 saturated heterocycles. The number of hydrogen-bond donors (Lipinski definition) is 1. The van der Waals surface area contributed by atoms with Crippen molar-refractivity contribution < 1.29 is 9.18 Å². The van der Waals surface area contributed by atoms with Crippen LogP contribution in [0.5, 0.6) is 0 Å². The van der Waals surface area contributed by atoms with Crippen LogP contribution in [0.3, 0.4) is 0 Å². The van der Waals surface area contributed by atoms with Crippen LogP contribution in [0.2, 0.25) is 0 Å². The lowest BCUT2D eigenvalue weighted by molar-refractivity contribution is -0.116. The summed E-state index contributed by atoms with van der Waals surface area (Å²) in [6.45, 7) is 3.48. The van der Waals surface area contributed by atoms with E-state index in [-0.39, 0.29) is 16.9 Å². The molecule has 0 aliphatic carbocycles. The van der Waals surface area contributed by atoms with E-state index in [0.717, 1.165) is 27.0 Å². The first-order chi connectivity index (χ1) is 14.4. The molecule has 2 heterocycles. The average molecular weight is 423 g/mol. The first-order valence-electron chi connectivity index (χ1n) is 9.22. The molecule has 4 rings (SSSR count). The van der Waals surface area contributed by atoms with Crippen molar-refractivity contribution in [2.75, 3.05) is 5.32 Å². The smallest absolute Gasteiger partial charge is 0.324 e. The van der Waals surface area contributed by atoms with Gasteiger partial charge in [0.2, 0.25) is 5.91 Å². The summed E-state index contributed by atoms with van der Waals surface area (Å²) in [5, 5.41) is 4.48. The summed E-state index contributed by atoms with van der Waals surface area (Å²) in [7, 11) is 0. The lowest BCUT2D eigenvalue weighted by atomic mass is 10.1. The van der Waals surface area contributed by atoms with Gasteiger partial charge in [-0.1, -0.05) is 24.3 Å². The standard InChI is InChI=1S/C22H18FN3O3S/c1-13-7-8-14(2)16(11-13)24-19(27)12-25-18-9-10-30-20(18)21(28)26(22(25)29)17-6-4-3-5-15(17)23/h3-11H,12H2,1-2H3,(H,24,27). The minimum atomic E-state index is -0.771. The largest absolute Gasteiger partial charge is 0.336 e. The number of aryl methyl sites for hydroxylation is 2. The minimum absolute atomic E-state index is 0.147. The number of thiophene rings is 1. The van der Waals surface area contributed by atoms with Gasteiger partial charge in [-0.2, -0.15) is 0 Å². The number of para-hydroxylation sites is 1. The number of nitrogens with one attached hydrogen (secondary N) is 1. The summed E-state index contributed by atoms with van der Waals surface area (Å²) in [4.78, 5) is 38.7. The van der Waals surface area contributed by atoms with Crippen molar-refractivity contribution in [2.45, 2.75) is 20.4 Å². The van der Waals surface area contributed by atoms with E-state index in [1.54, 1.807) is 17.5 Å². The van der Waals surface area contributed by atoms with Gasteiger partial charge in [-0.3, -0.25) is 14.2 Å². The van der Waals surface area contributed by atoms with Gasteiger partial charge in [0, 0.05) is 5.69 Å². The molecule has 0 atom stereocenters. The van der Waals surface area contributed by atoms with Crippen molar-refractivity contribution in [3.8, 4) is 5.69 Å². The Morgan fingerprint density at radius 3 is 2.63 bits per heavy atom. The summed E-state index contributed by atoms with van der Waals surface area (Å²) in [6.07, 6.45) is 0. The highest BCUT2D eigenvalue weighted by Crippen LogP contribution is 2.19. The average Bonchev–Trinajstić information content (AvgIpc) is 3.20. The zero-order valence-electron chi connectivity index (χ0n) is 16.3. The van der Waals surface area contributed by atoms with Gasteiger partial charge in [0.1, 0.15) is 17.1 Å². The second kappa shape index (κ2) is 7.72. The molecule has 2 aromatic heterocycles. The van der Waals surface area contributed by atoms with E-state index in [9.17, 15) is 18.8 Å². The number of rotatable bonds is 4. The molecule has 152 valence electrons. The predicted octanol–water partition coefficient (Wildman–Crippen LogP) is 3.61. The van der Waals surface area contributed by atoms with E-state index >= 15 is 0 Å². The van der Waals surface area contributed by atoms with Crippen LogP contribution in [-0.4, -0.2) is 15.0 Å². The SMILES string of the molecule is Cc1ccc(C)c(NC(=O)Cn2c(=O)n(-c3ccccc3F)c(=O)c3sccc32)c1. The Hall–Kier alpha value is -3.52. The molecule has 0 radical (unpaired) electrons. The van der Waals surface area contributed by atoms with E-state index in [1.165, 1.54) is 22.8 Å². The molecule has 0 fully saturated rings. The van der Waals surface area contributed by atoms with Crippen molar-refractivity contribution in [1.82, 2.24) is 9.13 Å². The normalized spacial score (nSPS) is 11.0. The van der Waals surface area contributed by atoms with Crippen LogP contribution in [-0.2, 0) is 11.3 Å². The van der Waals surface area contributed by atoms with Gasteiger partial charge in [0.05, 0.1) is 11.2 Å². The number of carbonyl (C=O) groups excluding carboxylic acids is 1. The van der Waals surface area contributed by atoms with Gasteiger partial charge < -0.3 is 5.32 Å². The van der Waals surface area contributed by atoms with Gasteiger partial charge >= 0.3 is 5.69 Å². The van der Waals surface area contributed by atoms with Crippen LogP contribution >= 0.6 is 11.3 Å². The van der Waals surface area contributed by atoms with Gasteiger partial charge in [0.25, 0.3) is 5.56 Å². The first kappa shape index (κ1) is 19.8. The predicted molar refractivity (Wildman–Crippen MR) is 116 cm³/mol. The van der Waals surface area contributed by atoms with Crippen LogP contribution in [0.4, 0.5) is 10.1 Å². The van der Waals surface area contributed by atoms with Crippen molar-refractivity contribution in [3.63, 3.8) is 0 Å².